The summed E-state index contributed by atoms with van der Waals surface area (Å²) in [6.07, 6.45) is 5.18. The van der Waals surface area contributed by atoms with Crippen molar-refractivity contribution in [2.45, 2.75) is 70.1 Å². The zero-order valence-electron chi connectivity index (χ0n) is 14.2. The van der Waals surface area contributed by atoms with Crippen LogP contribution in [0.15, 0.2) is 18.2 Å². The summed E-state index contributed by atoms with van der Waals surface area (Å²) in [5, 5.41) is 0. The van der Waals surface area contributed by atoms with Gasteiger partial charge in [-0.05, 0) is 48.8 Å². The molecule has 2 fully saturated rings. The van der Waals surface area contributed by atoms with Crippen molar-refractivity contribution in [2.75, 3.05) is 11.4 Å². The molecule has 2 aliphatic carbocycles. The summed E-state index contributed by atoms with van der Waals surface area (Å²) in [5.41, 5.74) is 2.43. The van der Waals surface area contributed by atoms with E-state index in [2.05, 4.69) is 19.9 Å². The van der Waals surface area contributed by atoms with E-state index in [1.54, 1.807) is 0 Å². The summed E-state index contributed by atoms with van der Waals surface area (Å²) in [6, 6.07) is 6.06. The number of rotatable bonds is 3. The molecular formula is C19H25F2NO. The monoisotopic (exact) mass is 321 g/mol. The lowest BCUT2D eigenvalue weighted by molar-refractivity contribution is -0.121. The number of carbonyl (C=O) groups is 1. The van der Waals surface area contributed by atoms with Crippen LogP contribution >= 0.6 is 0 Å². The predicted molar refractivity (Wildman–Crippen MR) is 88.3 cm³/mol. The molecule has 0 atom stereocenters. The minimum absolute atomic E-state index is 0.123. The molecule has 4 heteroatoms. The van der Waals surface area contributed by atoms with Gasteiger partial charge in [0, 0.05) is 12.6 Å². The minimum atomic E-state index is -2.86. The first-order valence-electron chi connectivity index (χ1n) is 8.66. The van der Waals surface area contributed by atoms with E-state index in [-0.39, 0.29) is 5.91 Å². The highest BCUT2D eigenvalue weighted by atomic mass is 19.3. The number of hydrogen-bond acceptors (Lipinski definition) is 1. The Morgan fingerprint density at radius 1 is 1.26 bits per heavy atom. The molecule has 1 spiro atoms. The maximum Gasteiger partial charge on any atom is 0.263 e. The highest BCUT2D eigenvalue weighted by Gasteiger charge is 2.59. The summed E-state index contributed by atoms with van der Waals surface area (Å²) in [5.74, 6) is -2.42. The summed E-state index contributed by atoms with van der Waals surface area (Å²) in [7, 11) is 0. The van der Waals surface area contributed by atoms with E-state index in [0.29, 0.717) is 5.92 Å². The molecule has 0 bridgehead atoms. The van der Waals surface area contributed by atoms with Gasteiger partial charge in [-0.25, -0.2) is 8.78 Å². The number of fused-ring (bicyclic) bond motifs is 2. The van der Waals surface area contributed by atoms with Gasteiger partial charge in [-0.1, -0.05) is 32.4 Å². The van der Waals surface area contributed by atoms with Crippen LogP contribution in [-0.2, 0) is 10.2 Å². The molecule has 0 N–H and O–H groups in total. The van der Waals surface area contributed by atoms with Crippen molar-refractivity contribution < 1.29 is 13.6 Å². The third-order valence-electron chi connectivity index (χ3n) is 4.72. The van der Waals surface area contributed by atoms with Crippen molar-refractivity contribution in [3.63, 3.8) is 0 Å². The van der Waals surface area contributed by atoms with E-state index in [1.165, 1.54) is 29.7 Å². The molecule has 23 heavy (non-hydrogen) atoms. The number of carbonyl (C=O) groups excluding carboxylic acids is 1. The Kier molecular flexibility index (Phi) is 3.97. The second kappa shape index (κ2) is 5.57. The van der Waals surface area contributed by atoms with E-state index in [1.807, 2.05) is 12.1 Å². The largest absolute Gasteiger partial charge is 0.305 e. The highest BCUT2D eigenvalue weighted by Crippen LogP contribution is 2.58. The predicted octanol–water partition coefficient (Wildman–Crippen LogP) is 5.01. The summed E-state index contributed by atoms with van der Waals surface area (Å²) < 4.78 is 26.8. The molecule has 4 rings (SSSR count). The van der Waals surface area contributed by atoms with Crippen LogP contribution in [0.5, 0.6) is 0 Å². The highest BCUT2D eigenvalue weighted by molar-refractivity contribution is 6.10. The minimum Gasteiger partial charge on any atom is -0.305 e. The van der Waals surface area contributed by atoms with Crippen LogP contribution in [0.25, 0.3) is 0 Å². The summed E-state index contributed by atoms with van der Waals surface area (Å²) in [6.45, 7) is 4.62. The topological polar surface area (TPSA) is 20.3 Å². The molecule has 2 nitrogen and oxygen atoms in total. The van der Waals surface area contributed by atoms with Gasteiger partial charge in [-0.15, -0.1) is 0 Å². The Morgan fingerprint density at radius 2 is 1.87 bits per heavy atom. The fourth-order valence-corrected chi connectivity index (χ4v) is 3.37. The van der Waals surface area contributed by atoms with Crippen LogP contribution in [0.2, 0.25) is 0 Å². The van der Waals surface area contributed by atoms with Crippen LogP contribution in [0, 0.1) is 0 Å². The van der Waals surface area contributed by atoms with E-state index in [9.17, 15) is 13.6 Å². The zero-order chi connectivity index (χ0) is 16.8. The molecule has 0 radical (unpaired) electrons. The van der Waals surface area contributed by atoms with Crippen molar-refractivity contribution >= 4 is 11.6 Å². The van der Waals surface area contributed by atoms with Gasteiger partial charge in [0.25, 0.3) is 5.92 Å². The van der Waals surface area contributed by atoms with E-state index in [4.69, 9.17) is 0 Å². The molecule has 2 saturated carbocycles. The molecule has 0 unspecified atom stereocenters. The standard InChI is InChI=1S/C16H17F2NO.C3H8/c1-15(17,18)9-19-13-8-11(10-2-3-10)4-5-12(13)16(6-7-16)14(19)20;1-3-2/h4-5,8,10H,2-3,6-7,9H2,1H3;3H2,1-2H3. The Hall–Kier alpha value is -1.45. The van der Waals surface area contributed by atoms with Gasteiger partial charge < -0.3 is 4.90 Å². The number of alkyl halides is 2. The molecular weight excluding hydrogens is 296 g/mol. The molecule has 0 saturated heterocycles. The van der Waals surface area contributed by atoms with Gasteiger partial charge >= 0.3 is 0 Å². The Balaban J connectivity index is 0.000000485. The van der Waals surface area contributed by atoms with E-state index in [0.717, 1.165) is 31.0 Å². The van der Waals surface area contributed by atoms with Gasteiger partial charge in [0.05, 0.1) is 12.0 Å². The third kappa shape index (κ3) is 3.00. The molecule has 1 aliphatic heterocycles. The van der Waals surface area contributed by atoms with Gasteiger partial charge in [-0.3, -0.25) is 4.79 Å². The van der Waals surface area contributed by atoms with Crippen molar-refractivity contribution in [2.24, 2.45) is 0 Å². The maximum atomic E-state index is 13.4. The molecule has 1 amide bonds. The number of nitrogens with zero attached hydrogens (tertiary/aromatic N) is 1. The fraction of sp³-hybridized carbons (Fsp3) is 0.632. The van der Waals surface area contributed by atoms with E-state index >= 15 is 0 Å². The summed E-state index contributed by atoms with van der Waals surface area (Å²) in [4.78, 5) is 13.8. The van der Waals surface area contributed by atoms with E-state index < -0.39 is 17.9 Å². The van der Waals surface area contributed by atoms with Crippen molar-refractivity contribution in [3.8, 4) is 0 Å². The molecule has 1 aromatic rings. The third-order valence-corrected chi connectivity index (χ3v) is 4.72. The van der Waals surface area contributed by atoms with Crippen LogP contribution in [-0.4, -0.2) is 18.4 Å². The number of amides is 1. The van der Waals surface area contributed by atoms with Gasteiger partial charge in [0.2, 0.25) is 5.91 Å². The van der Waals surface area contributed by atoms with Crippen LogP contribution in [0.3, 0.4) is 0 Å². The lowest BCUT2D eigenvalue weighted by atomic mass is 9.96. The van der Waals surface area contributed by atoms with Crippen molar-refractivity contribution in [3.05, 3.63) is 29.3 Å². The van der Waals surface area contributed by atoms with Crippen LogP contribution in [0.4, 0.5) is 14.5 Å². The quantitative estimate of drug-likeness (QED) is 0.766. The first kappa shape index (κ1) is 16.4. The van der Waals surface area contributed by atoms with Gasteiger partial charge in [-0.2, -0.15) is 0 Å². The lowest BCUT2D eigenvalue weighted by Crippen LogP contribution is -2.39. The first-order valence-corrected chi connectivity index (χ1v) is 8.66. The Morgan fingerprint density at radius 3 is 2.35 bits per heavy atom. The first-order chi connectivity index (χ1) is 10.8. The van der Waals surface area contributed by atoms with Gasteiger partial charge in [0.1, 0.15) is 0 Å². The molecule has 3 aliphatic rings. The summed E-state index contributed by atoms with van der Waals surface area (Å²) >= 11 is 0. The van der Waals surface area contributed by atoms with Crippen molar-refractivity contribution in [1.82, 2.24) is 0 Å². The fourth-order valence-electron chi connectivity index (χ4n) is 3.37. The zero-order valence-corrected chi connectivity index (χ0v) is 14.2. The molecule has 1 heterocycles. The van der Waals surface area contributed by atoms with Crippen LogP contribution < -0.4 is 4.90 Å². The van der Waals surface area contributed by atoms with Crippen molar-refractivity contribution in [1.29, 1.82) is 0 Å². The SMILES string of the molecule is CC(F)(F)CN1C(=O)C2(CC2)c2ccc(C3CC3)cc21.CCC. The number of hydrogen-bond donors (Lipinski definition) is 0. The van der Waals surface area contributed by atoms with Crippen LogP contribution in [0.1, 0.15) is 69.9 Å². The number of halogens is 2. The molecule has 126 valence electrons. The second-order valence-corrected chi connectivity index (χ2v) is 7.30. The second-order valence-electron chi connectivity index (χ2n) is 7.30. The molecule has 1 aromatic carbocycles. The lowest BCUT2D eigenvalue weighted by Gasteiger charge is -2.22. The smallest absolute Gasteiger partial charge is 0.263 e. The average Bonchev–Trinajstić information content (AvgIpc) is 3.36. The normalized spacial score (nSPS) is 21.1. The number of anilines is 1. The Bertz CT molecular complexity index is 612. The van der Waals surface area contributed by atoms with Gasteiger partial charge in [0.15, 0.2) is 0 Å². The molecule has 0 aromatic heterocycles. The number of benzene rings is 1. The average molecular weight is 321 g/mol. The maximum absolute atomic E-state index is 13.4. The Labute approximate surface area is 136 Å².